The van der Waals surface area contributed by atoms with E-state index in [2.05, 4.69) is 252 Å². The summed E-state index contributed by atoms with van der Waals surface area (Å²) >= 11 is 0. The van der Waals surface area contributed by atoms with Gasteiger partial charge in [0.25, 0.3) is 6.71 Å². The number of imidazole rings is 1. The average molecular weight is 843 g/mol. The molecule has 3 heterocycles. The fraction of sp³-hybridized carbons (Fsp3) is 0.339. The Labute approximate surface area is 384 Å². The molecule has 6 aromatic carbocycles. The quantitative estimate of drug-likeness (QED) is 0.165. The third-order valence-electron chi connectivity index (χ3n) is 13.6. The van der Waals surface area contributed by atoms with Crippen LogP contribution in [0.3, 0.4) is 0 Å². The van der Waals surface area contributed by atoms with Crippen LogP contribution in [0.15, 0.2) is 133 Å². The molecule has 0 atom stereocenters. The molecule has 0 fully saturated rings. The molecule has 0 bridgehead atoms. The first-order chi connectivity index (χ1) is 29.9. The lowest BCUT2D eigenvalue weighted by atomic mass is 9.35. The van der Waals surface area contributed by atoms with Crippen molar-refractivity contribution < 1.29 is 0 Å². The van der Waals surface area contributed by atoms with Crippen LogP contribution in [0, 0.1) is 0 Å². The topological polar surface area (TPSA) is 24.3 Å². The van der Waals surface area contributed by atoms with E-state index in [1.807, 2.05) is 0 Å². The number of nitrogens with zero attached hydrogens (tertiary/aromatic N) is 4. The Bertz CT molecular complexity index is 2870. The van der Waals surface area contributed by atoms with Gasteiger partial charge < -0.3 is 4.90 Å². The minimum absolute atomic E-state index is 0.0116. The largest absolute Gasteiger partial charge is 0.311 e. The SMILES string of the molecule is CC(C)(C)c1ccc(-c2nc3c(n2-c2ccccc2)N(c2ccc(C(C)(C)C)cc2)c2cc(C(C)(C)C)cc4c2B3c2cc(C(C)(C)C)ccc2N4c2ccc(C(C)(C)C)cc2)cc1. The summed E-state index contributed by atoms with van der Waals surface area (Å²) in [7, 11) is 0. The van der Waals surface area contributed by atoms with Gasteiger partial charge >= 0.3 is 0 Å². The highest BCUT2D eigenvalue weighted by molar-refractivity contribution is 7.00. The molecule has 0 amide bonds. The van der Waals surface area contributed by atoms with Crippen LogP contribution in [-0.4, -0.2) is 16.3 Å². The Morgan fingerprint density at radius 3 is 1.31 bits per heavy atom. The van der Waals surface area contributed by atoms with Gasteiger partial charge in [0, 0.05) is 39.7 Å². The van der Waals surface area contributed by atoms with Crippen molar-refractivity contribution >= 4 is 57.5 Å². The third kappa shape index (κ3) is 7.49. The molecule has 0 aliphatic carbocycles. The van der Waals surface area contributed by atoms with E-state index in [1.54, 1.807) is 0 Å². The van der Waals surface area contributed by atoms with E-state index >= 15 is 0 Å². The predicted octanol–water partition coefficient (Wildman–Crippen LogP) is 14.1. The molecular formula is C59H67BN4. The maximum Gasteiger partial charge on any atom is 0.277 e. The zero-order valence-corrected chi connectivity index (χ0v) is 41.1. The third-order valence-corrected chi connectivity index (χ3v) is 13.6. The molecular weight excluding hydrogens is 775 g/mol. The lowest BCUT2D eigenvalue weighted by Gasteiger charge is -2.44. The number of para-hydroxylation sites is 1. The van der Waals surface area contributed by atoms with E-state index < -0.39 is 0 Å². The molecule has 4 nitrogen and oxygen atoms in total. The lowest BCUT2D eigenvalue weighted by Crippen LogP contribution is -2.62. The van der Waals surface area contributed by atoms with Crippen LogP contribution in [0.2, 0.25) is 0 Å². The van der Waals surface area contributed by atoms with Gasteiger partial charge in [-0.1, -0.05) is 183 Å². The number of hydrogen-bond donors (Lipinski definition) is 0. The van der Waals surface area contributed by atoms with Gasteiger partial charge in [0.05, 0.1) is 5.59 Å². The number of benzene rings is 6. The van der Waals surface area contributed by atoms with Crippen LogP contribution in [-0.2, 0) is 27.1 Å². The van der Waals surface area contributed by atoms with Gasteiger partial charge in [-0.2, -0.15) is 0 Å². The minimum atomic E-state index is -0.140. The van der Waals surface area contributed by atoms with E-state index in [-0.39, 0.29) is 33.8 Å². The molecule has 9 rings (SSSR count). The molecule has 0 unspecified atom stereocenters. The Kier molecular flexibility index (Phi) is 10.1. The first-order valence-electron chi connectivity index (χ1n) is 23.3. The summed E-state index contributed by atoms with van der Waals surface area (Å²) in [5.41, 5.74) is 18.1. The van der Waals surface area contributed by atoms with Crippen molar-refractivity contribution in [3.05, 3.63) is 161 Å². The Hall–Kier alpha value is -5.81. The fourth-order valence-corrected chi connectivity index (χ4v) is 9.59. The standard InChI is InChI=1S/C59H67BN4/c1-55(2,3)39-23-21-38(22-24-39)53-61-52-54(64(53)44-19-17-16-18-20-44)63(46-32-27-41(28-33-46)57(7,8)9)50-37-43(59(13,14)15)36-49-51(50)60(52)47-35-42(58(10,11)12)29-34-48(47)62(49)45-30-25-40(26-31-45)56(4,5)6/h16-37H,1-15H3. The van der Waals surface area contributed by atoms with Gasteiger partial charge in [-0.3, -0.25) is 9.47 Å². The van der Waals surface area contributed by atoms with Crippen molar-refractivity contribution in [2.75, 3.05) is 9.80 Å². The normalized spacial score (nSPS) is 14.1. The maximum absolute atomic E-state index is 5.95. The van der Waals surface area contributed by atoms with Gasteiger partial charge in [-0.25, -0.2) is 4.98 Å². The fourth-order valence-electron chi connectivity index (χ4n) is 9.59. The first kappa shape index (κ1) is 43.4. The summed E-state index contributed by atoms with van der Waals surface area (Å²) in [6.45, 7) is 34.5. The van der Waals surface area contributed by atoms with Crippen LogP contribution in [0.4, 0.5) is 34.3 Å². The van der Waals surface area contributed by atoms with E-state index in [0.29, 0.717) is 0 Å². The Morgan fingerprint density at radius 2 is 0.828 bits per heavy atom. The van der Waals surface area contributed by atoms with Crippen molar-refractivity contribution in [2.24, 2.45) is 0 Å². The maximum atomic E-state index is 5.95. The summed E-state index contributed by atoms with van der Waals surface area (Å²) in [5.74, 6) is 2.02. The van der Waals surface area contributed by atoms with Crippen LogP contribution in [0.25, 0.3) is 17.1 Å². The highest BCUT2D eigenvalue weighted by Gasteiger charge is 2.48. The van der Waals surface area contributed by atoms with Gasteiger partial charge in [0.2, 0.25) is 0 Å². The molecule has 2 aliphatic rings. The summed E-state index contributed by atoms with van der Waals surface area (Å²) in [5, 5.41) is 0. The second-order valence-corrected chi connectivity index (χ2v) is 23.5. The van der Waals surface area contributed by atoms with Crippen molar-refractivity contribution in [1.29, 1.82) is 0 Å². The Morgan fingerprint density at radius 1 is 0.391 bits per heavy atom. The molecule has 0 spiro atoms. The first-order valence-corrected chi connectivity index (χ1v) is 23.3. The second-order valence-electron chi connectivity index (χ2n) is 23.5. The highest BCUT2D eigenvalue weighted by atomic mass is 15.3. The van der Waals surface area contributed by atoms with Crippen LogP contribution >= 0.6 is 0 Å². The smallest absolute Gasteiger partial charge is 0.277 e. The lowest BCUT2D eigenvalue weighted by molar-refractivity contribution is 0.589. The number of hydrogen-bond acceptors (Lipinski definition) is 3. The number of aromatic nitrogens is 2. The van der Waals surface area contributed by atoms with Crippen LogP contribution in [0.1, 0.15) is 132 Å². The molecule has 1 aromatic heterocycles. The second kappa shape index (κ2) is 14.9. The van der Waals surface area contributed by atoms with Gasteiger partial charge in [-0.05, 0) is 120 Å². The van der Waals surface area contributed by atoms with Crippen molar-refractivity contribution in [3.63, 3.8) is 0 Å². The van der Waals surface area contributed by atoms with E-state index in [0.717, 1.165) is 39.9 Å². The van der Waals surface area contributed by atoms with E-state index in [4.69, 9.17) is 4.98 Å². The van der Waals surface area contributed by atoms with Gasteiger partial charge in [0.15, 0.2) is 0 Å². The average Bonchev–Trinajstić information content (AvgIpc) is 3.62. The number of fused-ring (bicyclic) bond motifs is 4. The monoisotopic (exact) mass is 843 g/mol. The summed E-state index contributed by atoms with van der Waals surface area (Å²) < 4.78 is 2.44. The number of rotatable bonds is 4. The van der Waals surface area contributed by atoms with E-state index in [9.17, 15) is 0 Å². The molecule has 5 heteroatoms. The summed E-state index contributed by atoms with van der Waals surface area (Å²) in [4.78, 5) is 11.0. The summed E-state index contributed by atoms with van der Waals surface area (Å²) in [6, 6.07) is 50.9. The number of anilines is 6. The van der Waals surface area contributed by atoms with Crippen molar-refractivity contribution in [1.82, 2.24) is 9.55 Å². The van der Waals surface area contributed by atoms with Gasteiger partial charge in [-0.15, -0.1) is 0 Å². The molecule has 64 heavy (non-hydrogen) atoms. The summed E-state index contributed by atoms with van der Waals surface area (Å²) in [6.07, 6.45) is 0. The minimum Gasteiger partial charge on any atom is -0.311 e. The molecule has 326 valence electrons. The van der Waals surface area contributed by atoms with Crippen molar-refractivity contribution in [3.8, 4) is 17.1 Å². The molecule has 0 radical (unpaired) electrons. The molecule has 0 N–H and O–H groups in total. The van der Waals surface area contributed by atoms with E-state index in [1.165, 1.54) is 55.8 Å². The van der Waals surface area contributed by atoms with Crippen molar-refractivity contribution in [2.45, 2.75) is 131 Å². The molecule has 2 aliphatic heterocycles. The predicted molar refractivity (Wildman–Crippen MR) is 277 cm³/mol. The highest BCUT2D eigenvalue weighted by Crippen LogP contribution is 2.48. The molecule has 0 saturated heterocycles. The van der Waals surface area contributed by atoms with Gasteiger partial charge in [0.1, 0.15) is 11.6 Å². The molecule has 7 aromatic rings. The van der Waals surface area contributed by atoms with Crippen LogP contribution in [0.5, 0.6) is 0 Å². The molecule has 0 saturated carbocycles. The zero-order chi connectivity index (χ0) is 45.9. The Balaban J connectivity index is 1.44. The zero-order valence-electron chi connectivity index (χ0n) is 41.1. The van der Waals surface area contributed by atoms with Crippen LogP contribution < -0.4 is 26.3 Å².